The number of amides is 2. The zero-order chi connectivity index (χ0) is 18.8. The zero-order valence-corrected chi connectivity index (χ0v) is 15.1. The summed E-state index contributed by atoms with van der Waals surface area (Å²) < 4.78 is 0. The van der Waals surface area contributed by atoms with Crippen molar-refractivity contribution < 1.29 is 19.5 Å². The van der Waals surface area contributed by atoms with Crippen LogP contribution >= 0.6 is 0 Å². The maximum Gasteiger partial charge on any atom is 0.326 e. The number of piperidine rings is 1. The van der Waals surface area contributed by atoms with Crippen LogP contribution in [0.3, 0.4) is 0 Å². The number of hydrogen-bond acceptors (Lipinski definition) is 4. The van der Waals surface area contributed by atoms with Crippen molar-refractivity contribution in [1.82, 2.24) is 4.90 Å². The van der Waals surface area contributed by atoms with Crippen molar-refractivity contribution in [3.63, 3.8) is 0 Å². The number of carbonyl (C=O) groups excluding carboxylic acids is 2. The fraction of sp³-hybridized carbons (Fsp3) is 0.474. The van der Waals surface area contributed by atoms with Gasteiger partial charge in [0.1, 0.15) is 11.8 Å². The molecule has 0 aliphatic carbocycles. The number of carboxylic acids is 1. The van der Waals surface area contributed by atoms with Crippen LogP contribution in [-0.2, 0) is 14.4 Å². The fourth-order valence-corrected chi connectivity index (χ4v) is 3.44. The predicted molar refractivity (Wildman–Crippen MR) is 97.1 cm³/mol. The van der Waals surface area contributed by atoms with Crippen molar-refractivity contribution in [1.29, 1.82) is 0 Å². The number of hydrogen-bond donors (Lipinski definition) is 1. The van der Waals surface area contributed by atoms with Crippen LogP contribution in [0.15, 0.2) is 23.3 Å². The smallest absolute Gasteiger partial charge is 0.326 e. The second kappa shape index (κ2) is 7.27. The molecular weight excluding hydrogens is 334 g/mol. The highest BCUT2D eigenvalue weighted by atomic mass is 16.4. The van der Waals surface area contributed by atoms with E-state index in [1.807, 2.05) is 32.0 Å². The van der Waals surface area contributed by atoms with E-state index in [-0.39, 0.29) is 30.4 Å². The molecule has 1 aromatic rings. The molecule has 1 saturated heterocycles. The maximum absolute atomic E-state index is 12.9. The Labute approximate surface area is 152 Å². The van der Waals surface area contributed by atoms with E-state index in [1.165, 1.54) is 9.91 Å². The number of carbonyl (C=O) groups is 3. The molecular formula is C19H23N3O4. The molecule has 7 heteroatoms. The van der Waals surface area contributed by atoms with E-state index in [2.05, 4.69) is 5.10 Å². The van der Waals surface area contributed by atoms with Gasteiger partial charge in [-0.2, -0.15) is 5.10 Å². The summed E-state index contributed by atoms with van der Waals surface area (Å²) >= 11 is 0. The van der Waals surface area contributed by atoms with Crippen LogP contribution in [0.1, 0.15) is 43.2 Å². The van der Waals surface area contributed by atoms with Crippen LogP contribution in [-0.4, -0.2) is 46.1 Å². The third-order valence-electron chi connectivity index (χ3n) is 4.92. The Hall–Kier alpha value is -2.70. The number of rotatable bonds is 3. The second-order valence-corrected chi connectivity index (χ2v) is 6.89. The fourth-order valence-electron chi connectivity index (χ4n) is 3.44. The molecule has 0 unspecified atom stereocenters. The van der Waals surface area contributed by atoms with Gasteiger partial charge in [-0.1, -0.05) is 12.1 Å². The quantitative estimate of drug-likeness (QED) is 0.898. The minimum Gasteiger partial charge on any atom is -0.480 e. The third kappa shape index (κ3) is 3.47. The summed E-state index contributed by atoms with van der Waals surface area (Å²) in [6, 6.07) is 4.92. The maximum atomic E-state index is 12.9. The van der Waals surface area contributed by atoms with E-state index < -0.39 is 12.0 Å². The molecule has 138 valence electrons. The molecule has 0 aromatic heterocycles. The lowest BCUT2D eigenvalue weighted by Crippen LogP contribution is -2.51. The number of hydrazone groups is 1. The Bertz CT molecular complexity index is 787. The van der Waals surface area contributed by atoms with Gasteiger partial charge >= 0.3 is 5.97 Å². The predicted octanol–water partition coefficient (Wildman–Crippen LogP) is 2.25. The van der Waals surface area contributed by atoms with Gasteiger partial charge < -0.3 is 10.0 Å². The van der Waals surface area contributed by atoms with Crippen molar-refractivity contribution in [2.45, 2.75) is 52.0 Å². The van der Waals surface area contributed by atoms with Gasteiger partial charge in [0.2, 0.25) is 5.91 Å². The Morgan fingerprint density at radius 3 is 2.69 bits per heavy atom. The Kier molecular flexibility index (Phi) is 5.06. The highest BCUT2D eigenvalue weighted by Crippen LogP contribution is 2.26. The lowest BCUT2D eigenvalue weighted by molar-refractivity contribution is -0.149. The molecule has 2 aliphatic rings. The standard InChI is InChI=1S/C19H23N3O4/c1-12-6-7-13(2)16(11-12)22-17(23)9-8-14(20-22)18(24)21-10-4-3-5-15(21)19(25)26/h6-7,11,15H,3-5,8-10H2,1-2H3,(H,25,26)/t15-/m1/s1. The van der Waals surface area contributed by atoms with E-state index in [9.17, 15) is 19.5 Å². The second-order valence-electron chi connectivity index (χ2n) is 6.89. The number of likely N-dealkylation sites (tertiary alicyclic amines) is 1. The van der Waals surface area contributed by atoms with Gasteiger partial charge in [0.05, 0.1) is 5.69 Å². The molecule has 1 atom stereocenters. The van der Waals surface area contributed by atoms with Gasteiger partial charge in [-0.3, -0.25) is 9.59 Å². The van der Waals surface area contributed by atoms with Gasteiger partial charge in [-0.15, -0.1) is 0 Å². The first-order chi connectivity index (χ1) is 12.4. The lowest BCUT2D eigenvalue weighted by Gasteiger charge is -2.34. The van der Waals surface area contributed by atoms with Gasteiger partial charge in [-0.05, 0) is 50.3 Å². The number of benzene rings is 1. The van der Waals surface area contributed by atoms with Crippen LogP contribution in [0.4, 0.5) is 5.69 Å². The third-order valence-corrected chi connectivity index (χ3v) is 4.92. The number of aliphatic carboxylic acids is 1. The van der Waals surface area contributed by atoms with Crippen LogP contribution in [0.5, 0.6) is 0 Å². The van der Waals surface area contributed by atoms with Gasteiger partial charge in [0, 0.05) is 19.4 Å². The summed E-state index contributed by atoms with van der Waals surface area (Å²) in [4.78, 5) is 38.1. The molecule has 1 fully saturated rings. The molecule has 1 N–H and O–H groups in total. The summed E-state index contributed by atoms with van der Waals surface area (Å²) in [5, 5.41) is 15.0. The van der Waals surface area contributed by atoms with Gasteiger partial charge in [0.25, 0.3) is 5.91 Å². The molecule has 2 amide bonds. The SMILES string of the molecule is Cc1ccc(C)c(N2N=C(C(=O)N3CCCC[C@@H]3C(=O)O)CCC2=O)c1. The summed E-state index contributed by atoms with van der Waals surface area (Å²) in [6.07, 6.45) is 2.45. The van der Waals surface area contributed by atoms with Crippen LogP contribution < -0.4 is 5.01 Å². The molecule has 3 rings (SSSR count). The van der Waals surface area contributed by atoms with Gasteiger partial charge in [-0.25, -0.2) is 9.80 Å². The number of aryl methyl sites for hydroxylation is 2. The van der Waals surface area contributed by atoms with Crippen molar-refractivity contribution in [2.75, 3.05) is 11.6 Å². The average molecular weight is 357 g/mol. The highest BCUT2D eigenvalue weighted by molar-refractivity contribution is 6.40. The molecule has 26 heavy (non-hydrogen) atoms. The largest absolute Gasteiger partial charge is 0.480 e. The number of nitrogens with zero attached hydrogens (tertiary/aromatic N) is 3. The van der Waals surface area contributed by atoms with E-state index in [4.69, 9.17) is 0 Å². The Morgan fingerprint density at radius 1 is 1.19 bits per heavy atom. The minimum absolute atomic E-state index is 0.163. The van der Waals surface area contributed by atoms with E-state index in [1.54, 1.807) is 0 Å². The van der Waals surface area contributed by atoms with Crippen LogP contribution in [0.25, 0.3) is 0 Å². The Balaban J connectivity index is 1.92. The average Bonchev–Trinajstić information content (AvgIpc) is 2.63. The number of anilines is 1. The monoisotopic (exact) mass is 357 g/mol. The van der Waals surface area contributed by atoms with Crippen molar-refractivity contribution in [3.05, 3.63) is 29.3 Å². The summed E-state index contributed by atoms with van der Waals surface area (Å²) in [7, 11) is 0. The summed E-state index contributed by atoms with van der Waals surface area (Å²) in [6.45, 7) is 4.23. The first kappa shape index (κ1) is 18.1. The minimum atomic E-state index is -0.989. The van der Waals surface area contributed by atoms with Gasteiger partial charge in [0.15, 0.2) is 0 Å². The first-order valence-electron chi connectivity index (χ1n) is 8.90. The molecule has 0 radical (unpaired) electrons. The van der Waals surface area contributed by atoms with Crippen molar-refractivity contribution in [3.8, 4) is 0 Å². The molecule has 0 saturated carbocycles. The van der Waals surface area contributed by atoms with Crippen LogP contribution in [0.2, 0.25) is 0 Å². The van der Waals surface area contributed by atoms with Crippen molar-refractivity contribution >= 4 is 29.2 Å². The molecule has 2 heterocycles. The summed E-state index contributed by atoms with van der Waals surface area (Å²) in [5.74, 6) is -1.53. The molecule has 2 aliphatic heterocycles. The normalized spacial score (nSPS) is 20.8. The molecule has 0 spiro atoms. The molecule has 1 aromatic carbocycles. The zero-order valence-electron chi connectivity index (χ0n) is 15.1. The first-order valence-corrected chi connectivity index (χ1v) is 8.90. The van der Waals surface area contributed by atoms with E-state index in [0.717, 1.165) is 24.0 Å². The van der Waals surface area contributed by atoms with Crippen LogP contribution in [0, 0.1) is 13.8 Å². The lowest BCUT2D eigenvalue weighted by atomic mass is 10.0. The van der Waals surface area contributed by atoms with E-state index >= 15 is 0 Å². The van der Waals surface area contributed by atoms with E-state index in [0.29, 0.717) is 18.7 Å². The topological polar surface area (TPSA) is 90.3 Å². The molecule has 7 nitrogen and oxygen atoms in total. The molecule has 0 bridgehead atoms. The summed E-state index contributed by atoms with van der Waals surface area (Å²) in [5.41, 5.74) is 2.80. The van der Waals surface area contributed by atoms with Crippen molar-refractivity contribution in [2.24, 2.45) is 5.10 Å². The number of carboxylic acid groups (broad SMARTS) is 1. The highest BCUT2D eigenvalue weighted by Gasteiger charge is 2.36. The Morgan fingerprint density at radius 2 is 1.96 bits per heavy atom.